The van der Waals surface area contributed by atoms with Gasteiger partial charge in [-0.2, -0.15) is 0 Å². The molecular formula is C12H16BrNO2. The third-order valence-electron chi connectivity index (χ3n) is 2.26. The lowest BCUT2D eigenvalue weighted by molar-refractivity contribution is -0.147. The van der Waals surface area contributed by atoms with E-state index in [4.69, 9.17) is 10.5 Å². The van der Waals surface area contributed by atoms with Crippen LogP contribution in [0.4, 0.5) is 0 Å². The van der Waals surface area contributed by atoms with Crippen molar-refractivity contribution in [3.63, 3.8) is 0 Å². The van der Waals surface area contributed by atoms with E-state index in [-0.39, 0.29) is 18.5 Å². The number of esters is 1. The quantitative estimate of drug-likeness (QED) is 0.865. The van der Waals surface area contributed by atoms with Gasteiger partial charge in [0, 0.05) is 4.47 Å². The number of carbonyl (C=O) groups excluding carboxylic acids is 1. The Hall–Kier alpha value is -0.870. The van der Waals surface area contributed by atoms with Crippen LogP contribution < -0.4 is 5.73 Å². The van der Waals surface area contributed by atoms with Crippen LogP contribution in [-0.4, -0.2) is 12.0 Å². The van der Waals surface area contributed by atoms with Gasteiger partial charge in [0.25, 0.3) is 0 Å². The molecule has 0 saturated carbocycles. The molecule has 0 aliphatic heterocycles. The first-order valence-electron chi connectivity index (χ1n) is 5.17. The van der Waals surface area contributed by atoms with E-state index in [9.17, 15) is 4.79 Å². The Morgan fingerprint density at radius 3 is 2.75 bits per heavy atom. The molecule has 1 unspecified atom stereocenters. The molecule has 0 radical (unpaired) electrons. The molecule has 0 aliphatic rings. The lowest BCUT2D eigenvalue weighted by Crippen LogP contribution is -2.36. The summed E-state index contributed by atoms with van der Waals surface area (Å²) in [5.41, 5.74) is 6.61. The van der Waals surface area contributed by atoms with E-state index in [2.05, 4.69) is 15.9 Å². The van der Waals surface area contributed by atoms with Crippen LogP contribution in [0.3, 0.4) is 0 Å². The van der Waals surface area contributed by atoms with E-state index in [1.54, 1.807) is 0 Å². The zero-order valence-electron chi connectivity index (χ0n) is 9.44. The highest BCUT2D eigenvalue weighted by atomic mass is 79.9. The molecular weight excluding hydrogens is 270 g/mol. The van der Waals surface area contributed by atoms with E-state index < -0.39 is 6.04 Å². The Balaban J connectivity index is 2.49. The first-order chi connectivity index (χ1) is 7.50. The zero-order chi connectivity index (χ0) is 12.1. The number of hydrogen-bond donors (Lipinski definition) is 1. The second kappa shape index (κ2) is 6.01. The summed E-state index contributed by atoms with van der Waals surface area (Å²) in [6, 6.07) is 7.08. The Morgan fingerprint density at radius 2 is 2.19 bits per heavy atom. The minimum absolute atomic E-state index is 0.0926. The summed E-state index contributed by atoms with van der Waals surface area (Å²) in [6.45, 7) is 4.05. The summed E-state index contributed by atoms with van der Waals surface area (Å²) in [4.78, 5) is 11.5. The molecule has 4 heteroatoms. The van der Waals surface area contributed by atoms with Gasteiger partial charge in [-0.15, -0.1) is 0 Å². The van der Waals surface area contributed by atoms with Gasteiger partial charge in [-0.05, 0) is 23.6 Å². The van der Waals surface area contributed by atoms with Gasteiger partial charge in [0.15, 0.2) is 0 Å². The lowest BCUT2D eigenvalue weighted by Gasteiger charge is -2.14. The van der Waals surface area contributed by atoms with E-state index in [0.29, 0.717) is 0 Å². The fourth-order valence-electron chi connectivity index (χ4n) is 1.15. The number of hydrogen-bond acceptors (Lipinski definition) is 3. The SMILES string of the molecule is CC(C)C(N)C(=O)OCc1cccc(Br)c1. The maximum Gasteiger partial charge on any atom is 0.323 e. The number of halogens is 1. The summed E-state index contributed by atoms with van der Waals surface area (Å²) >= 11 is 3.36. The van der Waals surface area contributed by atoms with Crippen LogP contribution in [0.15, 0.2) is 28.7 Å². The second-order valence-corrected chi connectivity index (χ2v) is 4.92. The van der Waals surface area contributed by atoms with Gasteiger partial charge in [0.1, 0.15) is 12.6 Å². The molecule has 0 aromatic heterocycles. The van der Waals surface area contributed by atoms with Crippen molar-refractivity contribution in [2.75, 3.05) is 0 Å². The van der Waals surface area contributed by atoms with E-state index in [1.165, 1.54) is 0 Å². The fraction of sp³-hybridized carbons (Fsp3) is 0.417. The van der Waals surface area contributed by atoms with Crippen LogP contribution in [0, 0.1) is 5.92 Å². The van der Waals surface area contributed by atoms with Gasteiger partial charge in [-0.1, -0.05) is 41.9 Å². The normalized spacial score (nSPS) is 12.6. The Morgan fingerprint density at radius 1 is 1.50 bits per heavy atom. The lowest BCUT2D eigenvalue weighted by atomic mass is 10.1. The van der Waals surface area contributed by atoms with Gasteiger partial charge in [0.05, 0.1) is 0 Å². The van der Waals surface area contributed by atoms with Crippen molar-refractivity contribution < 1.29 is 9.53 Å². The van der Waals surface area contributed by atoms with Gasteiger partial charge >= 0.3 is 5.97 Å². The molecule has 0 amide bonds. The van der Waals surface area contributed by atoms with Crippen molar-refractivity contribution in [1.29, 1.82) is 0 Å². The van der Waals surface area contributed by atoms with Crippen molar-refractivity contribution in [2.45, 2.75) is 26.5 Å². The number of rotatable bonds is 4. The topological polar surface area (TPSA) is 52.3 Å². The third-order valence-corrected chi connectivity index (χ3v) is 2.75. The molecule has 1 rings (SSSR count). The molecule has 1 aromatic rings. The molecule has 16 heavy (non-hydrogen) atoms. The van der Waals surface area contributed by atoms with Crippen LogP contribution >= 0.6 is 15.9 Å². The van der Waals surface area contributed by atoms with Crippen LogP contribution in [0.1, 0.15) is 19.4 Å². The predicted octanol–water partition coefficient (Wildman–Crippen LogP) is 2.48. The van der Waals surface area contributed by atoms with Crippen molar-refractivity contribution in [1.82, 2.24) is 0 Å². The Labute approximate surface area is 104 Å². The summed E-state index contributed by atoms with van der Waals surface area (Å²) < 4.78 is 6.09. The van der Waals surface area contributed by atoms with Gasteiger partial charge in [-0.3, -0.25) is 4.79 Å². The van der Waals surface area contributed by atoms with Crippen molar-refractivity contribution in [3.05, 3.63) is 34.3 Å². The molecule has 0 spiro atoms. The summed E-state index contributed by atoms with van der Waals surface area (Å²) in [7, 11) is 0. The maximum absolute atomic E-state index is 11.5. The maximum atomic E-state index is 11.5. The number of carbonyl (C=O) groups is 1. The first-order valence-corrected chi connectivity index (χ1v) is 5.96. The number of benzene rings is 1. The molecule has 1 atom stereocenters. The second-order valence-electron chi connectivity index (χ2n) is 4.01. The minimum Gasteiger partial charge on any atom is -0.460 e. The molecule has 0 saturated heterocycles. The molecule has 0 fully saturated rings. The summed E-state index contributed by atoms with van der Waals surface area (Å²) in [5.74, 6) is -0.259. The third kappa shape index (κ3) is 3.94. The van der Waals surface area contributed by atoms with Gasteiger partial charge in [-0.25, -0.2) is 0 Å². The molecule has 0 bridgehead atoms. The van der Waals surface area contributed by atoms with Crippen molar-refractivity contribution in [2.24, 2.45) is 11.7 Å². The fourth-order valence-corrected chi connectivity index (χ4v) is 1.60. The highest BCUT2D eigenvalue weighted by molar-refractivity contribution is 9.10. The van der Waals surface area contributed by atoms with Crippen molar-refractivity contribution in [3.8, 4) is 0 Å². The predicted molar refractivity (Wildman–Crippen MR) is 66.8 cm³/mol. The van der Waals surface area contributed by atoms with E-state index in [0.717, 1.165) is 10.0 Å². The summed E-state index contributed by atoms with van der Waals surface area (Å²) in [5, 5.41) is 0. The first kappa shape index (κ1) is 13.2. The Kier molecular flexibility index (Phi) is 4.96. The molecule has 0 aliphatic carbocycles. The Bertz CT molecular complexity index is 366. The number of ether oxygens (including phenoxy) is 1. The van der Waals surface area contributed by atoms with Crippen LogP contribution in [0.25, 0.3) is 0 Å². The van der Waals surface area contributed by atoms with Gasteiger partial charge in [0.2, 0.25) is 0 Å². The zero-order valence-corrected chi connectivity index (χ0v) is 11.0. The minimum atomic E-state index is -0.549. The van der Waals surface area contributed by atoms with E-state index in [1.807, 2.05) is 38.1 Å². The molecule has 3 nitrogen and oxygen atoms in total. The standard InChI is InChI=1S/C12H16BrNO2/c1-8(2)11(14)12(15)16-7-9-4-3-5-10(13)6-9/h3-6,8,11H,7,14H2,1-2H3. The van der Waals surface area contributed by atoms with Crippen LogP contribution in [-0.2, 0) is 16.1 Å². The molecule has 88 valence electrons. The molecule has 1 aromatic carbocycles. The number of nitrogens with two attached hydrogens (primary N) is 1. The monoisotopic (exact) mass is 285 g/mol. The average Bonchev–Trinajstić information content (AvgIpc) is 2.24. The van der Waals surface area contributed by atoms with Crippen LogP contribution in [0.2, 0.25) is 0 Å². The highest BCUT2D eigenvalue weighted by Crippen LogP contribution is 2.12. The smallest absolute Gasteiger partial charge is 0.323 e. The van der Waals surface area contributed by atoms with Crippen molar-refractivity contribution >= 4 is 21.9 Å². The molecule has 2 N–H and O–H groups in total. The van der Waals surface area contributed by atoms with Crippen LogP contribution in [0.5, 0.6) is 0 Å². The average molecular weight is 286 g/mol. The summed E-state index contributed by atoms with van der Waals surface area (Å²) in [6.07, 6.45) is 0. The highest BCUT2D eigenvalue weighted by Gasteiger charge is 2.18. The van der Waals surface area contributed by atoms with Gasteiger partial charge < -0.3 is 10.5 Å². The molecule has 0 heterocycles. The largest absolute Gasteiger partial charge is 0.460 e. The van der Waals surface area contributed by atoms with E-state index >= 15 is 0 Å².